The summed E-state index contributed by atoms with van der Waals surface area (Å²) in [4.78, 5) is 4.76. The lowest BCUT2D eigenvalue weighted by Gasteiger charge is -2.11. The monoisotopic (exact) mass is 311 g/mol. The molecule has 1 aromatic carbocycles. The summed E-state index contributed by atoms with van der Waals surface area (Å²) >= 11 is 12.6. The van der Waals surface area contributed by atoms with Crippen molar-refractivity contribution in [2.75, 3.05) is 11.9 Å². The second kappa shape index (κ2) is 6.32. The predicted octanol–water partition coefficient (Wildman–Crippen LogP) is 3.39. The number of benzene rings is 1. The molecule has 2 aromatic rings. The first-order valence-electron chi connectivity index (χ1n) is 5.80. The minimum absolute atomic E-state index is 0.342. The van der Waals surface area contributed by atoms with Crippen LogP contribution in [0.3, 0.4) is 0 Å². The second-order valence-electron chi connectivity index (χ2n) is 4.09. The number of hydrogen-bond donors (Lipinski definition) is 2. The summed E-state index contributed by atoms with van der Waals surface area (Å²) in [7, 11) is 0. The standard InChI is InChI=1S/C13H14ClN3S2/c1-8-17-10(7-19-8)4-5-16-12-3-2-9(14)6-11(12)13(15)18/h2-3,6-7,16H,4-5H2,1H3,(H2,15,18). The van der Waals surface area contributed by atoms with Gasteiger partial charge in [0.15, 0.2) is 0 Å². The van der Waals surface area contributed by atoms with E-state index in [2.05, 4.69) is 15.7 Å². The highest BCUT2D eigenvalue weighted by atomic mass is 35.5. The van der Waals surface area contributed by atoms with Crippen LogP contribution >= 0.6 is 35.2 Å². The SMILES string of the molecule is Cc1nc(CCNc2ccc(Cl)cc2C(N)=S)cs1. The molecule has 6 heteroatoms. The number of hydrogen-bond acceptors (Lipinski definition) is 4. The highest BCUT2D eigenvalue weighted by Gasteiger charge is 2.06. The van der Waals surface area contributed by atoms with Crippen molar-refractivity contribution < 1.29 is 0 Å². The molecule has 0 amide bonds. The highest BCUT2D eigenvalue weighted by Crippen LogP contribution is 2.20. The molecule has 0 spiro atoms. The zero-order valence-electron chi connectivity index (χ0n) is 10.4. The quantitative estimate of drug-likeness (QED) is 0.831. The van der Waals surface area contributed by atoms with Gasteiger partial charge in [-0.3, -0.25) is 0 Å². The molecule has 0 saturated heterocycles. The van der Waals surface area contributed by atoms with Crippen molar-refractivity contribution in [2.24, 2.45) is 5.73 Å². The Morgan fingerprint density at radius 1 is 1.53 bits per heavy atom. The summed E-state index contributed by atoms with van der Waals surface area (Å²) in [6, 6.07) is 5.49. The summed E-state index contributed by atoms with van der Waals surface area (Å²) in [6.07, 6.45) is 0.865. The van der Waals surface area contributed by atoms with Crippen LogP contribution in [0, 0.1) is 6.92 Å². The molecule has 0 aliphatic heterocycles. The average Bonchev–Trinajstić information content (AvgIpc) is 2.77. The predicted molar refractivity (Wildman–Crippen MR) is 86.4 cm³/mol. The van der Waals surface area contributed by atoms with Crippen molar-refractivity contribution in [3.63, 3.8) is 0 Å². The fraction of sp³-hybridized carbons (Fsp3) is 0.231. The van der Waals surface area contributed by atoms with Gasteiger partial charge in [-0.2, -0.15) is 0 Å². The van der Waals surface area contributed by atoms with E-state index in [1.165, 1.54) is 0 Å². The largest absolute Gasteiger partial charge is 0.389 e. The molecule has 1 heterocycles. The van der Waals surface area contributed by atoms with Crippen molar-refractivity contribution in [3.8, 4) is 0 Å². The van der Waals surface area contributed by atoms with Crippen LogP contribution < -0.4 is 11.1 Å². The third-order valence-electron chi connectivity index (χ3n) is 2.61. The van der Waals surface area contributed by atoms with Crippen LogP contribution in [-0.2, 0) is 6.42 Å². The van der Waals surface area contributed by atoms with Crippen LogP contribution in [0.1, 0.15) is 16.3 Å². The molecule has 0 unspecified atom stereocenters. The minimum Gasteiger partial charge on any atom is -0.389 e. The molecule has 0 fully saturated rings. The molecule has 3 nitrogen and oxygen atoms in total. The molecule has 0 aliphatic carbocycles. The number of nitrogens with two attached hydrogens (primary N) is 1. The topological polar surface area (TPSA) is 50.9 Å². The molecule has 0 saturated carbocycles. The maximum Gasteiger partial charge on any atom is 0.106 e. The Morgan fingerprint density at radius 2 is 2.32 bits per heavy atom. The van der Waals surface area contributed by atoms with E-state index in [0.29, 0.717) is 10.0 Å². The molecule has 19 heavy (non-hydrogen) atoms. The van der Waals surface area contributed by atoms with Crippen LogP contribution in [0.25, 0.3) is 0 Å². The van der Waals surface area contributed by atoms with Crippen molar-refractivity contribution in [2.45, 2.75) is 13.3 Å². The zero-order chi connectivity index (χ0) is 13.8. The number of nitrogens with one attached hydrogen (secondary N) is 1. The summed E-state index contributed by atoms with van der Waals surface area (Å²) in [5.41, 5.74) is 8.47. The number of aromatic nitrogens is 1. The van der Waals surface area contributed by atoms with Crippen LogP contribution in [0.5, 0.6) is 0 Å². The van der Waals surface area contributed by atoms with Crippen molar-refractivity contribution in [1.29, 1.82) is 0 Å². The van der Waals surface area contributed by atoms with Crippen molar-refractivity contribution in [3.05, 3.63) is 44.9 Å². The molecule has 1 aromatic heterocycles. The number of rotatable bonds is 5. The Labute approximate surface area is 126 Å². The first-order valence-corrected chi connectivity index (χ1v) is 7.47. The molecule has 0 radical (unpaired) electrons. The van der Waals surface area contributed by atoms with E-state index >= 15 is 0 Å². The summed E-state index contributed by atoms with van der Waals surface area (Å²) < 4.78 is 0. The Hall–Kier alpha value is -1.17. The van der Waals surface area contributed by atoms with Gasteiger partial charge in [-0.25, -0.2) is 4.98 Å². The Balaban J connectivity index is 2.01. The van der Waals surface area contributed by atoms with Gasteiger partial charge in [0, 0.05) is 34.6 Å². The van der Waals surface area contributed by atoms with Crippen molar-refractivity contribution >= 4 is 45.8 Å². The van der Waals surface area contributed by atoms with E-state index < -0.39 is 0 Å². The molecule has 2 rings (SSSR count). The molecule has 0 atom stereocenters. The molecule has 0 aliphatic rings. The fourth-order valence-corrected chi connectivity index (χ4v) is 2.71. The van der Waals surface area contributed by atoms with E-state index in [1.807, 2.05) is 19.1 Å². The van der Waals surface area contributed by atoms with E-state index in [0.717, 1.165) is 34.9 Å². The van der Waals surface area contributed by atoms with E-state index in [4.69, 9.17) is 29.6 Å². The van der Waals surface area contributed by atoms with Crippen LogP contribution in [0.4, 0.5) is 5.69 Å². The zero-order valence-corrected chi connectivity index (χ0v) is 12.8. The lowest BCUT2D eigenvalue weighted by Crippen LogP contribution is -2.14. The van der Waals surface area contributed by atoms with Crippen LogP contribution in [0.2, 0.25) is 5.02 Å². The number of thiazole rings is 1. The van der Waals surface area contributed by atoms with Gasteiger partial charge in [-0.15, -0.1) is 11.3 Å². The number of thiocarbonyl (C=S) groups is 1. The summed E-state index contributed by atoms with van der Waals surface area (Å²) in [5, 5.41) is 7.11. The number of halogens is 1. The lowest BCUT2D eigenvalue weighted by molar-refractivity contribution is 0.968. The summed E-state index contributed by atoms with van der Waals surface area (Å²) in [5.74, 6) is 0. The van der Waals surface area contributed by atoms with E-state index in [9.17, 15) is 0 Å². The number of nitrogens with zero attached hydrogens (tertiary/aromatic N) is 1. The van der Waals surface area contributed by atoms with Crippen LogP contribution in [-0.4, -0.2) is 16.5 Å². The van der Waals surface area contributed by atoms with Gasteiger partial charge in [0.05, 0.1) is 10.7 Å². The number of aryl methyl sites for hydroxylation is 1. The molecular weight excluding hydrogens is 298 g/mol. The molecular formula is C13H14ClN3S2. The maximum absolute atomic E-state index is 5.94. The lowest BCUT2D eigenvalue weighted by atomic mass is 10.1. The molecule has 0 bridgehead atoms. The third-order valence-corrected chi connectivity index (χ3v) is 3.89. The van der Waals surface area contributed by atoms with Gasteiger partial charge >= 0.3 is 0 Å². The van der Waals surface area contributed by atoms with Crippen molar-refractivity contribution in [1.82, 2.24) is 4.98 Å². The normalized spacial score (nSPS) is 10.4. The fourth-order valence-electron chi connectivity index (χ4n) is 1.72. The van der Waals surface area contributed by atoms with Gasteiger partial charge in [0.25, 0.3) is 0 Å². The Bertz CT molecular complexity index is 595. The van der Waals surface area contributed by atoms with Crippen LogP contribution in [0.15, 0.2) is 23.6 Å². The summed E-state index contributed by atoms with van der Waals surface area (Å²) in [6.45, 7) is 2.78. The van der Waals surface area contributed by atoms with Gasteiger partial charge in [0.2, 0.25) is 0 Å². The average molecular weight is 312 g/mol. The smallest absolute Gasteiger partial charge is 0.106 e. The minimum atomic E-state index is 0.342. The Morgan fingerprint density at radius 3 is 2.95 bits per heavy atom. The van der Waals surface area contributed by atoms with Gasteiger partial charge in [-0.1, -0.05) is 23.8 Å². The molecule has 3 N–H and O–H groups in total. The highest BCUT2D eigenvalue weighted by molar-refractivity contribution is 7.80. The Kier molecular flexibility index (Phi) is 4.74. The first-order chi connectivity index (χ1) is 9.06. The molecule has 100 valence electrons. The van der Waals surface area contributed by atoms with Gasteiger partial charge in [-0.05, 0) is 25.1 Å². The first kappa shape index (κ1) is 14.2. The van der Waals surface area contributed by atoms with E-state index in [1.54, 1.807) is 17.4 Å². The van der Waals surface area contributed by atoms with E-state index in [-0.39, 0.29) is 0 Å². The number of anilines is 1. The van der Waals surface area contributed by atoms with Gasteiger partial charge in [0.1, 0.15) is 4.99 Å². The third kappa shape index (κ3) is 3.89. The maximum atomic E-state index is 5.94. The van der Waals surface area contributed by atoms with Gasteiger partial charge < -0.3 is 11.1 Å². The second-order valence-corrected chi connectivity index (χ2v) is 6.03.